The second-order valence-electron chi connectivity index (χ2n) is 1.89. The molecule has 0 radical (unpaired) electrons. The third kappa shape index (κ3) is 3.41. The molecule has 0 amide bonds. The summed E-state index contributed by atoms with van der Waals surface area (Å²) in [5, 5.41) is 4.80. The fourth-order valence-electron chi connectivity index (χ4n) is 0.610. The molecule has 1 rings (SSSR count). The molecule has 0 saturated carbocycles. The van der Waals surface area contributed by atoms with Crippen molar-refractivity contribution in [1.82, 2.24) is 0 Å². The molecule has 0 saturated heterocycles. The largest absolute Gasteiger partial charge is 0.266 e. The lowest BCUT2D eigenvalue weighted by Gasteiger charge is -1.95. The van der Waals surface area contributed by atoms with Gasteiger partial charge in [0.1, 0.15) is 0 Å². The topological polar surface area (TPSA) is 60.2 Å². The highest BCUT2D eigenvalue weighted by molar-refractivity contribution is 8.71. The molecule has 0 bridgehead atoms. The Kier molecular flexibility index (Phi) is 2.53. The normalized spacial score (nSPS) is 11.4. The minimum Gasteiger partial charge on any atom is -0.219 e. The van der Waals surface area contributed by atoms with E-state index in [0.29, 0.717) is 15.7 Å². The van der Waals surface area contributed by atoms with Crippen LogP contribution in [0.25, 0.3) is 0 Å². The van der Waals surface area contributed by atoms with E-state index in [4.69, 9.17) is 5.14 Å². The lowest BCUT2D eigenvalue weighted by molar-refractivity contribution is 0.612. The van der Waals surface area contributed by atoms with Crippen molar-refractivity contribution in [3.8, 4) is 0 Å². The third-order valence-electron chi connectivity index (χ3n) is 0.956. The minimum atomic E-state index is -3.46. The van der Waals surface area contributed by atoms with Gasteiger partial charge in [-0.05, 0) is 12.1 Å². The Bertz CT molecular complexity index is 320. The molecule has 0 unspecified atom stereocenters. The summed E-state index contributed by atoms with van der Waals surface area (Å²) in [4.78, 5) is 0.634. The van der Waals surface area contributed by atoms with E-state index in [1.54, 1.807) is 24.3 Å². The van der Waals surface area contributed by atoms with Crippen molar-refractivity contribution in [3.63, 3.8) is 0 Å². The zero-order valence-electron chi connectivity index (χ0n) is 5.60. The van der Waals surface area contributed by atoms with Crippen LogP contribution in [0.4, 0.5) is 0 Å². The highest BCUT2D eigenvalue weighted by Gasteiger charge is 2.03. The average Bonchev–Trinajstić information content (AvgIpc) is 1.85. The van der Waals surface area contributed by atoms with Crippen LogP contribution in [0, 0.1) is 0 Å². The number of hydrogen-bond donors (Lipinski definition) is 1. The summed E-state index contributed by atoms with van der Waals surface area (Å²) in [6.45, 7) is 0. The van der Waals surface area contributed by atoms with Crippen molar-refractivity contribution in [1.29, 1.82) is 0 Å². The van der Waals surface area contributed by atoms with Gasteiger partial charge in [0.25, 0.3) is 9.06 Å². The second-order valence-corrected chi connectivity index (χ2v) is 5.41. The van der Waals surface area contributed by atoms with E-state index < -0.39 is 9.06 Å². The SMILES string of the molecule is NS(=O)(=O)Sc1ccccc1. The molecular formula is C6H7NO2S2. The van der Waals surface area contributed by atoms with Crippen molar-refractivity contribution < 1.29 is 8.42 Å². The first-order valence-electron chi connectivity index (χ1n) is 2.85. The molecule has 1 aromatic carbocycles. The second kappa shape index (κ2) is 3.25. The van der Waals surface area contributed by atoms with Crippen LogP contribution in [-0.2, 0) is 9.06 Å². The van der Waals surface area contributed by atoms with Crippen LogP contribution < -0.4 is 5.14 Å². The summed E-state index contributed by atoms with van der Waals surface area (Å²) in [6.07, 6.45) is 0. The molecule has 3 nitrogen and oxygen atoms in total. The standard InChI is InChI=1S/C6H7NO2S2/c7-11(8,9)10-6-4-2-1-3-5-6/h1-5H,(H2,7,8,9). The lowest BCUT2D eigenvalue weighted by atomic mass is 10.4. The van der Waals surface area contributed by atoms with Gasteiger partial charge in [-0.15, -0.1) is 0 Å². The Labute approximate surface area is 69.1 Å². The number of benzene rings is 1. The van der Waals surface area contributed by atoms with Gasteiger partial charge in [0.2, 0.25) is 0 Å². The molecule has 0 aliphatic heterocycles. The summed E-state index contributed by atoms with van der Waals surface area (Å²) in [5.41, 5.74) is 0. The highest BCUT2D eigenvalue weighted by Crippen LogP contribution is 2.20. The fourth-order valence-corrected chi connectivity index (χ4v) is 2.28. The molecule has 0 spiro atoms. The maximum Gasteiger partial charge on any atom is 0.266 e. The fraction of sp³-hybridized carbons (Fsp3) is 0. The van der Waals surface area contributed by atoms with Gasteiger partial charge in [-0.25, -0.2) is 13.6 Å². The molecule has 0 aromatic heterocycles. The predicted octanol–water partition coefficient (Wildman–Crippen LogP) is 0.982. The zero-order chi connectivity index (χ0) is 8.32. The molecule has 0 atom stereocenters. The van der Waals surface area contributed by atoms with E-state index >= 15 is 0 Å². The number of hydrogen-bond acceptors (Lipinski definition) is 3. The smallest absolute Gasteiger partial charge is 0.219 e. The molecule has 0 aliphatic carbocycles. The predicted molar refractivity (Wildman–Crippen MR) is 45.4 cm³/mol. The van der Waals surface area contributed by atoms with Crippen LogP contribution in [0.1, 0.15) is 0 Å². The van der Waals surface area contributed by atoms with Gasteiger partial charge < -0.3 is 0 Å². The van der Waals surface area contributed by atoms with Crippen LogP contribution in [-0.4, -0.2) is 8.42 Å². The van der Waals surface area contributed by atoms with Crippen LogP contribution >= 0.6 is 10.8 Å². The minimum absolute atomic E-state index is 0.634. The molecule has 5 heteroatoms. The highest BCUT2D eigenvalue weighted by atomic mass is 33.1. The maximum absolute atomic E-state index is 10.5. The van der Waals surface area contributed by atoms with Gasteiger partial charge >= 0.3 is 0 Å². The number of rotatable bonds is 2. The first-order chi connectivity index (χ1) is 5.08. The van der Waals surface area contributed by atoms with Gasteiger partial charge in [0.15, 0.2) is 0 Å². The summed E-state index contributed by atoms with van der Waals surface area (Å²) in [6, 6.07) is 8.71. The quantitative estimate of drug-likeness (QED) is 0.705. The molecule has 60 valence electrons. The van der Waals surface area contributed by atoms with Gasteiger partial charge in [0.05, 0.1) is 0 Å². The Morgan fingerprint density at radius 3 is 2.18 bits per heavy atom. The summed E-state index contributed by atoms with van der Waals surface area (Å²) < 4.78 is 21.1. The lowest BCUT2D eigenvalue weighted by Crippen LogP contribution is -2.05. The molecule has 11 heavy (non-hydrogen) atoms. The summed E-state index contributed by atoms with van der Waals surface area (Å²) >= 11 is 0. The number of nitrogens with two attached hydrogens (primary N) is 1. The molecule has 2 N–H and O–H groups in total. The Balaban J connectivity index is 2.82. The summed E-state index contributed by atoms with van der Waals surface area (Å²) in [5.74, 6) is 0. The van der Waals surface area contributed by atoms with Crippen LogP contribution in [0.2, 0.25) is 0 Å². The van der Waals surface area contributed by atoms with Gasteiger partial charge in [-0.2, -0.15) is 0 Å². The average molecular weight is 189 g/mol. The van der Waals surface area contributed by atoms with E-state index in [9.17, 15) is 8.42 Å². The van der Waals surface area contributed by atoms with E-state index in [-0.39, 0.29) is 0 Å². The molecule has 0 heterocycles. The van der Waals surface area contributed by atoms with E-state index in [2.05, 4.69) is 0 Å². The van der Waals surface area contributed by atoms with Gasteiger partial charge in [-0.3, -0.25) is 0 Å². The Morgan fingerprint density at radius 1 is 1.18 bits per heavy atom. The monoisotopic (exact) mass is 189 g/mol. The Hall–Kier alpha value is -0.520. The first-order valence-corrected chi connectivity index (χ1v) is 5.73. The van der Waals surface area contributed by atoms with Crippen LogP contribution in [0.15, 0.2) is 35.2 Å². The zero-order valence-corrected chi connectivity index (χ0v) is 7.23. The van der Waals surface area contributed by atoms with Crippen molar-refractivity contribution in [2.45, 2.75) is 4.90 Å². The van der Waals surface area contributed by atoms with Crippen molar-refractivity contribution in [2.75, 3.05) is 0 Å². The van der Waals surface area contributed by atoms with E-state index in [0.717, 1.165) is 0 Å². The molecule has 1 aromatic rings. The maximum atomic E-state index is 10.5. The van der Waals surface area contributed by atoms with Crippen molar-refractivity contribution >= 4 is 19.8 Å². The third-order valence-corrected chi connectivity index (χ3v) is 2.93. The first kappa shape index (κ1) is 8.58. The molecule has 0 aliphatic rings. The van der Waals surface area contributed by atoms with E-state index in [1.165, 1.54) is 0 Å². The molecule has 0 fully saturated rings. The Morgan fingerprint density at radius 2 is 1.73 bits per heavy atom. The van der Waals surface area contributed by atoms with Crippen molar-refractivity contribution in [2.24, 2.45) is 5.14 Å². The van der Waals surface area contributed by atoms with Crippen LogP contribution in [0.5, 0.6) is 0 Å². The van der Waals surface area contributed by atoms with Gasteiger partial charge in [-0.1, -0.05) is 18.2 Å². The summed E-state index contributed by atoms with van der Waals surface area (Å²) in [7, 11) is -2.81. The van der Waals surface area contributed by atoms with Gasteiger partial charge in [0, 0.05) is 15.7 Å². The van der Waals surface area contributed by atoms with Crippen LogP contribution in [0.3, 0.4) is 0 Å². The van der Waals surface area contributed by atoms with Crippen molar-refractivity contribution in [3.05, 3.63) is 30.3 Å². The molecular weight excluding hydrogens is 182 g/mol. The van der Waals surface area contributed by atoms with E-state index in [1.807, 2.05) is 6.07 Å².